The van der Waals surface area contributed by atoms with Gasteiger partial charge in [0.05, 0.1) is 28.4 Å². The van der Waals surface area contributed by atoms with Crippen molar-refractivity contribution in [3.05, 3.63) is 23.8 Å². The van der Waals surface area contributed by atoms with Gasteiger partial charge in [-0.1, -0.05) is 6.07 Å². The van der Waals surface area contributed by atoms with Crippen LogP contribution in [0.2, 0.25) is 0 Å². The van der Waals surface area contributed by atoms with E-state index in [0.717, 1.165) is 5.56 Å². The molecule has 0 saturated heterocycles. The van der Waals surface area contributed by atoms with Crippen molar-refractivity contribution in [3.63, 3.8) is 0 Å². The van der Waals surface area contributed by atoms with Gasteiger partial charge in [0.25, 0.3) is 0 Å². The van der Waals surface area contributed by atoms with Gasteiger partial charge >= 0.3 is 12.1 Å². The van der Waals surface area contributed by atoms with Crippen LogP contribution in [-0.4, -0.2) is 51.9 Å². The number of rotatable bonds is 6. The van der Waals surface area contributed by atoms with E-state index in [0.29, 0.717) is 11.5 Å². The molecule has 21 heavy (non-hydrogen) atoms. The summed E-state index contributed by atoms with van der Waals surface area (Å²) in [7, 11) is 5.57. The summed E-state index contributed by atoms with van der Waals surface area (Å²) < 4.78 is 19.6. The minimum absolute atomic E-state index is 0.183. The Kier molecular flexibility index (Phi) is 6.32. The number of hydrogen-bond acceptors (Lipinski definition) is 6. The second-order valence-electron chi connectivity index (χ2n) is 4.09. The van der Waals surface area contributed by atoms with E-state index in [1.165, 1.54) is 33.3 Å². The normalized spacial score (nSPS) is 9.71. The molecule has 116 valence electrons. The minimum Gasteiger partial charge on any atom is -0.493 e. The van der Waals surface area contributed by atoms with Crippen LogP contribution >= 0.6 is 0 Å². The molecule has 0 aromatic heterocycles. The Balaban J connectivity index is 2.92. The highest BCUT2D eigenvalue weighted by Crippen LogP contribution is 2.28. The Morgan fingerprint density at radius 2 is 1.67 bits per heavy atom. The molecule has 0 N–H and O–H groups in total. The average Bonchev–Trinajstić information content (AvgIpc) is 2.52. The maximum absolute atomic E-state index is 11.7. The molecule has 7 heteroatoms. The molecular weight excluding hydrogens is 278 g/mol. The van der Waals surface area contributed by atoms with Crippen LogP contribution in [-0.2, 0) is 20.8 Å². The zero-order valence-corrected chi connectivity index (χ0v) is 12.5. The standard InChI is InChI=1S/C14H19NO6/c1-18-11-6-5-10(7-12(11)19-2)8-15(14(17)21-4)9-13(16)20-3/h5-7H,8-9H2,1-4H3. The monoisotopic (exact) mass is 297 g/mol. The summed E-state index contributed by atoms with van der Waals surface area (Å²) in [5.41, 5.74) is 0.766. The highest BCUT2D eigenvalue weighted by atomic mass is 16.5. The number of nitrogens with zero attached hydrogens (tertiary/aromatic N) is 1. The fourth-order valence-corrected chi connectivity index (χ4v) is 1.73. The lowest BCUT2D eigenvalue weighted by Gasteiger charge is -2.20. The molecular formula is C14H19NO6. The van der Waals surface area contributed by atoms with E-state index in [4.69, 9.17) is 9.47 Å². The predicted octanol–water partition coefficient (Wildman–Crippen LogP) is 1.45. The van der Waals surface area contributed by atoms with Crippen molar-refractivity contribution in [1.82, 2.24) is 4.90 Å². The van der Waals surface area contributed by atoms with Crippen molar-refractivity contribution < 1.29 is 28.5 Å². The fraction of sp³-hybridized carbons (Fsp3) is 0.429. The molecule has 0 unspecified atom stereocenters. The van der Waals surface area contributed by atoms with E-state index in [-0.39, 0.29) is 13.1 Å². The van der Waals surface area contributed by atoms with Gasteiger partial charge in [-0.2, -0.15) is 0 Å². The lowest BCUT2D eigenvalue weighted by atomic mass is 10.2. The molecule has 1 aromatic rings. The summed E-state index contributed by atoms with van der Waals surface area (Å²) in [5.74, 6) is 0.595. The summed E-state index contributed by atoms with van der Waals surface area (Å²) in [4.78, 5) is 24.3. The minimum atomic E-state index is -0.616. The zero-order chi connectivity index (χ0) is 15.8. The number of esters is 1. The van der Waals surface area contributed by atoms with Crippen LogP contribution in [0.4, 0.5) is 4.79 Å². The molecule has 7 nitrogen and oxygen atoms in total. The maximum Gasteiger partial charge on any atom is 0.410 e. The van der Waals surface area contributed by atoms with Gasteiger partial charge in [0.15, 0.2) is 11.5 Å². The molecule has 0 heterocycles. The summed E-state index contributed by atoms with van der Waals surface area (Å²) >= 11 is 0. The van der Waals surface area contributed by atoms with Crippen molar-refractivity contribution >= 4 is 12.1 Å². The van der Waals surface area contributed by atoms with E-state index < -0.39 is 12.1 Å². The number of methoxy groups -OCH3 is 4. The molecule has 0 atom stereocenters. The highest BCUT2D eigenvalue weighted by molar-refractivity contribution is 5.77. The summed E-state index contributed by atoms with van der Waals surface area (Å²) in [6.45, 7) is -0.0142. The number of benzene rings is 1. The van der Waals surface area contributed by atoms with Crippen molar-refractivity contribution in [2.75, 3.05) is 35.0 Å². The Labute approximate surface area is 123 Å². The van der Waals surface area contributed by atoms with Crippen LogP contribution < -0.4 is 9.47 Å². The highest BCUT2D eigenvalue weighted by Gasteiger charge is 2.19. The Morgan fingerprint density at radius 1 is 1.00 bits per heavy atom. The van der Waals surface area contributed by atoms with Crippen LogP contribution in [0.1, 0.15) is 5.56 Å². The van der Waals surface area contributed by atoms with Gasteiger partial charge in [-0.15, -0.1) is 0 Å². The van der Waals surface area contributed by atoms with E-state index in [9.17, 15) is 9.59 Å². The Hall–Kier alpha value is -2.44. The third kappa shape index (κ3) is 4.55. The molecule has 0 aliphatic rings. The quantitative estimate of drug-likeness (QED) is 0.740. The summed E-state index contributed by atoms with van der Waals surface area (Å²) in [5, 5.41) is 0. The first-order chi connectivity index (χ1) is 10.0. The number of carbonyl (C=O) groups excluding carboxylic acids is 2. The van der Waals surface area contributed by atoms with Gasteiger partial charge in [-0.25, -0.2) is 4.79 Å². The van der Waals surface area contributed by atoms with Crippen LogP contribution in [0.3, 0.4) is 0 Å². The molecule has 0 fully saturated rings. The summed E-state index contributed by atoms with van der Waals surface area (Å²) in [6, 6.07) is 5.22. The third-order valence-corrected chi connectivity index (χ3v) is 2.80. The number of ether oxygens (including phenoxy) is 4. The lowest BCUT2D eigenvalue weighted by molar-refractivity contribution is -0.141. The predicted molar refractivity (Wildman–Crippen MR) is 74.4 cm³/mol. The van der Waals surface area contributed by atoms with E-state index in [1.807, 2.05) is 0 Å². The van der Waals surface area contributed by atoms with Crippen LogP contribution in [0.15, 0.2) is 18.2 Å². The first-order valence-electron chi connectivity index (χ1n) is 6.16. The average molecular weight is 297 g/mol. The molecule has 1 aromatic carbocycles. The Morgan fingerprint density at radius 3 is 2.19 bits per heavy atom. The maximum atomic E-state index is 11.7. The Bertz CT molecular complexity index is 502. The van der Waals surface area contributed by atoms with Crippen molar-refractivity contribution in [3.8, 4) is 11.5 Å². The van der Waals surface area contributed by atoms with E-state index >= 15 is 0 Å². The topological polar surface area (TPSA) is 74.3 Å². The molecule has 1 amide bonds. The number of amides is 1. The van der Waals surface area contributed by atoms with E-state index in [1.54, 1.807) is 18.2 Å². The second-order valence-corrected chi connectivity index (χ2v) is 4.09. The van der Waals surface area contributed by atoms with Crippen molar-refractivity contribution in [2.45, 2.75) is 6.54 Å². The lowest BCUT2D eigenvalue weighted by Crippen LogP contribution is -2.35. The van der Waals surface area contributed by atoms with Crippen LogP contribution in [0, 0.1) is 0 Å². The molecule has 1 rings (SSSR count). The van der Waals surface area contributed by atoms with Gasteiger partial charge in [0, 0.05) is 6.54 Å². The van der Waals surface area contributed by atoms with Crippen LogP contribution in [0.25, 0.3) is 0 Å². The molecule has 0 radical (unpaired) electrons. The molecule has 0 spiro atoms. The first-order valence-corrected chi connectivity index (χ1v) is 6.16. The van der Waals surface area contributed by atoms with Gasteiger partial charge in [0.1, 0.15) is 6.54 Å². The first kappa shape index (κ1) is 16.6. The molecule has 0 bridgehead atoms. The number of hydrogen-bond donors (Lipinski definition) is 0. The van der Waals surface area contributed by atoms with Gasteiger partial charge in [-0.05, 0) is 17.7 Å². The zero-order valence-electron chi connectivity index (χ0n) is 12.5. The summed E-state index contributed by atoms with van der Waals surface area (Å²) in [6.07, 6.45) is -0.616. The van der Waals surface area contributed by atoms with E-state index in [2.05, 4.69) is 9.47 Å². The molecule has 0 aliphatic heterocycles. The van der Waals surface area contributed by atoms with Crippen molar-refractivity contribution in [2.24, 2.45) is 0 Å². The van der Waals surface area contributed by atoms with Gasteiger partial charge in [0.2, 0.25) is 0 Å². The van der Waals surface area contributed by atoms with Gasteiger partial charge < -0.3 is 18.9 Å². The van der Waals surface area contributed by atoms with Gasteiger partial charge in [-0.3, -0.25) is 9.69 Å². The van der Waals surface area contributed by atoms with Crippen LogP contribution in [0.5, 0.6) is 11.5 Å². The second kappa shape index (κ2) is 7.98. The smallest absolute Gasteiger partial charge is 0.410 e. The SMILES string of the molecule is COC(=O)CN(Cc1ccc(OC)c(OC)c1)C(=O)OC. The number of carbonyl (C=O) groups is 2. The molecule has 0 saturated carbocycles. The van der Waals surface area contributed by atoms with Crippen molar-refractivity contribution in [1.29, 1.82) is 0 Å². The third-order valence-electron chi connectivity index (χ3n) is 2.80. The largest absolute Gasteiger partial charge is 0.493 e. The fourth-order valence-electron chi connectivity index (χ4n) is 1.73. The molecule has 0 aliphatic carbocycles.